The molecule has 0 bridgehead atoms. The number of benzene rings is 1. The number of thiazole rings is 1. The molecule has 0 saturated heterocycles. The standard InChI is InChI=1S/C12H10BrNOS/c1-8-4-9(13)2-3-11(8)12(15)5-10-6-14-7-16-10/h2-4,6-7H,5H2,1H3. The van der Waals surface area contributed by atoms with Crippen molar-refractivity contribution >= 4 is 33.0 Å². The Morgan fingerprint density at radius 2 is 2.31 bits per heavy atom. The molecule has 2 rings (SSSR count). The lowest BCUT2D eigenvalue weighted by Crippen LogP contribution is -2.04. The number of nitrogens with zero attached hydrogens (tertiary/aromatic N) is 1. The molecule has 0 atom stereocenters. The van der Waals surface area contributed by atoms with Crippen LogP contribution in [0.2, 0.25) is 0 Å². The summed E-state index contributed by atoms with van der Waals surface area (Å²) in [4.78, 5) is 17.0. The molecule has 0 aliphatic heterocycles. The molecule has 0 amide bonds. The van der Waals surface area contributed by atoms with Crippen molar-refractivity contribution in [3.63, 3.8) is 0 Å². The highest BCUT2D eigenvalue weighted by Gasteiger charge is 2.10. The van der Waals surface area contributed by atoms with Crippen molar-refractivity contribution in [2.24, 2.45) is 0 Å². The SMILES string of the molecule is Cc1cc(Br)ccc1C(=O)Cc1cncs1. The third-order valence-corrected chi connectivity index (χ3v) is 3.58. The molecular weight excluding hydrogens is 286 g/mol. The van der Waals surface area contributed by atoms with Crippen molar-refractivity contribution in [3.8, 4) is 0 Å². The number of rotatable bonds is 3. The van der Waals surface area contributed by atoms with E-state index in [0.717, 1.165) is 20.5 Å². The molecule has 0 spiro atoms. The van der Waals surface area contributed by atoms with Crippen LogP contribution in [-0.4, -0.2) is 10.8 Å². The Bertz CT molecular complexity index is 508. The van der Waals surface area contributed by atoms with Gasteiger partial charge in [-0.05, 0) is 24.6 Å². The molecule has 0 aliphatic rings. The van der Waals surface area contributed by atoms with Crippen LogP contribution in [0.5, 0.6) is 0 Å². The molecule has 0 saturated carbocycles. The predicted octanol–water partition coefficient (Wildman–Crippen LogP) is 3.64. The number of hydrogen-bond acceptors (Lipinski definition) is 3. The number of aryl methyl sites for hydroxylation is 1. The van der Waals surface area contributed by atoms with Gasteiger partial charge in [-0.2, -0.15) is 0 Å². The van der Waals surface area contributed by atoms with Crippen LogP contribution in [0.15, 0.2) is 34.4 Å². The third kappa shape index (κ3) is 2.57. The van der Waals surface area contributed by atoms with E-state index in [2.05, 4.69) is 20.9 Å². The molecule has 1 aromatic heterocycles. The van der Waals surface area contributed by atoms with Gasteiger partial charge >= 0.3 is 0 Å². The summed E-state index contributed by atoms with van der Waals surface area (Å²) in [5.74, 6) is 0.147. The van der Waals surface area contributed by atoms with Gasteiger partial charge in [0.2, 0.25) is 0 Å². The average molecular weight is 296 g/mol. The highest BCUT2D eigenvalue weighted by Crippen LogP contribution is 2.18. The van der Waals surface area contributed by atoms with E-state index >= 15 is 0 Å². The van der Waals surface area contributed by atoms with Crippen LogP contribution in [0.4, 0.5) is 0 Å². The Balaban J connectivity index is 2.21. The van der Waals surface area contributed by atoms with Gasteiger partial charge in [-0.1, -0.05) is 22.0 Å². The second kappa shape index (κ2) is 4.89. The van der Waals surface area contributed by atoms with Crippen molar-refractivity contribution in [2.75, 3.05) is 0 Å². The predicted molar refractivity (Wildman–Crippen MR) is 69.0 cm³/mol. The van der Waals surface area contributed by atoms with Crippen LogP contribution in [0.1, 0.15) is 20.8 Å². The molecule has 2 aromatic rings. The maximum Gasteiger partial charge on any atom is 0.168 e. The lowest BCUT2D eigenvalue weighted by molar-refractivity contribution is 0.0993. The Morgan fingerprint density at radius 1 is 1.50 bits per heavy atom. The van der Waals surface area contributed by atoms with Gasteiger partial charge in [-0.3, -0.25) is 9.78 Å². The molecule has 82 valence electrons. The number of Topliss-reactive ketones (excluding diaryl/α,β-unsaturated/α-hetero) is 1. The fourth-order valence-electron chi connectivity index (χ4n) is 1.52. The minimum atomic E-state index is 0.147. The molecule has 16 heavy (non-hydrogen) atoms. The molecular formula is C12H10BrNOS. The number of aromatic nitrogens is 1. The third-order valence-electron chi connectivity index (χ3n) is 2.31. The summed E-state index contributed by atoms with van der Waals surface area (Å²) >= 11 is 4.90. The van der Waals surface area contributed by atoms with Crippen LogP contribution in [-0.2, 0) is 6.42 Å². The van der Waals surface area contributed by atoms with E-state index < -0.39 is 0 Å². The van der Waals surface area contributed by atoms with Crippen molar-refractivity contribution < 1.29 is 4.79 Å². The smallest absolute Gasteiger partial charge is 0.168 e. The van der Waals surface area contributed by atoms with Gasteiger partial charge in [0.25, 0.3) is 0 Å². The summed E-state index contributed by atoms with van der Waals surface area (Å²) in [5.41, 5.74) is 3.54. The minimum absolute atomic E-state index is 0.147. The first-order chi connectivity index (χ1) is 7.66. The van der Waals surface area contributed by atoms with Crippen molar-refractivity contribution in [1.82, 2.24) is 4.98 Å². The second-order valence-corrected chi connectivity index (χ2v) is 5.41. The zero-order valence-electron chi connectivity index (χ0n) is 8.74. The molecule has 1 aromatic carbocycles. The van der Waals surface area contributed by atoms with Gasteiger partial charge in [-0.25, -0.2) is 0 Å². The van der Waals surface area contributed by atoms with Gasteiger partial charge in [0, 0.05) is 27.5 Å². The molecule has 0 fully saturated rings. The summed E-state index contributed by atoms with van der Waals surface area (Å²) < 4.78 is 0.999. The van der Waals surface area contributed by atoms with Crippen LogP contribution >= 0.6 is 27.3 Å². The molecule has 2 nitrogen and oxygen atoms in total. The number of carbonyl (C=O) groups is 1. The monoisotopic (exact) mass is 295 g/mol. The molecule has 4 heteroatoms. The van der Waals surface area contributed by atoms with Gasteiger partial charge in [0.05, 0.1) is 5.51 Å². The summed E-state index contributed by atoms with van der Waals surface area (Å²) in [6.07, 6.45) is 2.18. The molecule has 0 aliphatic carbocycles. The van der Waals surface area contributed by atoms with Crippen molar-refractivity contribution in [2.45, 2.75) is 13.3 Å². The lowest BCUT2D eigenvalue weighted by atomic mass is 10.0. The Labute approximate surface area is 106 Å². The highest BCUT2D eigenvalue weighted by molar-refractivity contribution is 9.10. The molecule has 0 radical (unpaired) electrons. The van der Waals surface area contributed by atoms with E-state index in [1.807, 2.05) is 25.1 Å². The number of ketones is 1. The topological polar surface area (TPSA) is 30.0 Å². The van der Waals surface area contributed by atoms with Crippen LogP contribution in [0.3, 0.4) is 0 Å². The van der Waals surface area contributed by atoms with Gasteiger partial charge in [0.15, 0.2) is 5.78 Å². The van der Waals surface area contributed by atoms with Crippen LogP contribution in [0, 0.1) is 6.92 Å². The van der Waals surface area contributed by atoms with E-state index in [1.165, 1.54) is 11.3 Å². The van der Waals surface area contributed by atoms with Gasteiger partial charge in [-0.15, -0.1) is 11.3 Å². The summed E-state index contributed by atoms with van der Waals surface area (Å²) in [6, 6.07) is 5.72. The van der Waals surface area contributed by atoms with E-state index in [-0.39, 0.29) is 5.78 Å². The Hall–Kier alpha value is -1.00. The minimum Gasteiger partial charge on any atom is -0.294 e. The fourth-order valence-corrected chi connectivity index (χ4v) is 2.59. The van der Waals surface area contributed by atoms with Gasteiger partial charge in [0.1, 0.15) is 0 Å². The second-order valence-electron chi connectivity index (χ2n) is 3.53. The van der Waals surface area contributed by atoms with Gasteiger partial charge < -0.3 is 0 Å². The van der Waals surface area contributed by atoms with Crippen LogP contribution < -0.4 is 0 Å². The van der Waals surface area contributed by atoms with E-state index in [1.54, 1.807) is 11.7 Å². The normalized spacial score (nSPS) is 10.4. The molecule has 0 N–H and O–H groups in total. The number of halogens is 1. The zero-order chi connectivity index (χ0) is 11.5. The van der Waals surface area contributed by atoms with E-state index in [9.17, 15) is 4.79 Å². The summed E-state index contributed by atoms with van der Waals surface area (Å²) in [6.45, 7) is 1.95. The fraction of sp³-hybridized carbons (Fsp3) is 0.167. The molecule has 1 heterocycles. The number of hydrogen-bond donors (Lipinski definition) is 0. The maximum absolute atomic E-state index is 12.0. The quantitative estimate of drug-likeness (QED) is 0.809. The molecule has 0 unspecified atom stereocenters. The Morgan fingerprint density at radius 3 is 2.94 bits per heavy atom. The largest absolute Gasteiger partial charge is 0.294 e. The van der Waals surface area contributed by atoms with Crippen molar-refractivity contribution in [1.29, 1.82) is 0 Å². The van der Waals surface area contributed by atoms with E-state index in [0.29, 0.717) is 6.42 Å². The maximum atomic E-state index is 12.0. The van der Waals surface area contributed by atoms with Crippen LogP contribution in [0.25, 0.3) is 0 Å². The summed E-state index contributed by atoms with van der Waals surface area (Å²) in [5, 5.41) is 0. The first-order valence-electron chi connectivity index (χ1n) is 4.83. The van der Waals surface area contributed by atoms with Crippen molar-refractivity contribution in [3.05, 3.63) is 50.4 Å². The lowest BCUT2D eigenvalue weighted by Gasteiger charge is -2.04. The number of carbonyl (C=O) groups excluding carboxylic acids is 1. The first-order valence-corrected chi connectivity index (χ1v) is 6.51. The summed E-state index contributed by atoms with van der Waals surface area (Å²) in [7, 11) is 0. The first kappa shape index (κ1) is 11.5. The van der Waals surface area contributed by atoms with E-state index in [4.69, 9.17) is 0 Å². The Kier molecular flexibility index (Phi) is 3.51. The zero-order valence-corrected chi connectivity index (χ0v) is 11.1. The highest BCUT2D eigenvalue weighted by atomic mass is 79.9. The average Bonchev–Trinajstić information content (AvgIpc) is 2.70.